The zero-order chi connectivity index (χ0) is 15.5. The largest absolute Gasteiger partial charge is 0.368 e. The average molecular weight is 318 g/mol. The third-order valence-electron chi connectivity index (χ3n) is 3.62. The molecule has 22 heavy (non-hydrogen) atoms. The van der Waals surface area contributed by atoms with E-state index in [9.17, 15) is 9.18 Å². The smallest absolute Gasteiger partial charge is 0.224 e. The van der Waals surface area contributed by atoms with Crippen molar-refractivity contribution in [1.29, 1.82) is 0 Å². The van der Waals surface area contributed by atoms with Gasteiger partial charge in [-0.3, -0.25) is 4.79 Å². The molecule has 2 aromatic rings. The second kappa shape index (κ2) is 6.39. The van der Waals surface area contributed by atoms with Gasteiger partial charge in [0.25, 0.3) is 0 Å². The van der Waals surface area contributed by atoms with E-state index in [0.717, 1.165) is 18.7 Å². The Kier molecular flexibility index (Phi) is 4.33. The fraction of sp³-hybridized carbons (Fsp3) is 0.333. The normalized spacial score (nSPS) is 14.6. The van der Waals surface area contributed by atoms with Gasteiger partial charge in [0.1, 0.15) is 11.6 Å². The van der Waals surface area contributed by atoms with Crippen LogP contribution in [0.15, 0.2) is 29.4 Å². The van der Waals surface area contributed by atoms with Crippen molar-refractivity contribution in [3.63, 3.8) is 0 Å². The van der Waals surface area contributed by atoms with Crippen molar-refractivity contribution in [1.82, 2.24) is 15.0 Å². The number of anilines is 1. The highest BCUT2D eigenvalue weighted by Gasteiger charge is 2.23. The Morgan fingerprint density at radius 2 is 1.95 bits per heavy atom. The van der Waals surface area contributed by atoms with Crippen LogP contribution in [0.25, 0.3) is 0 Å². The van der Waals surface area contributed by atoms with Gasteiger partial charge < -0.3 is 5.73 Å². The van der Waals surface area contributed by atoms with Crippen LogP contribution < -0.4 is 5.73 Å². The molecule has 0 spiro atoms. The Hall–Kier alpha value is -2.02. The number of halogens is 1. The predicted molar refractivity (Wildman–Crippen MR) is 82.3 cm³/mol. The number of nitrogens with two attached hydrogens (primary N) is 1. The SMILES string of the molecule is Nc1nc(SCC(=O)c2ccc(F)cc2)nc(C2CCC2)n1. The average Bonchev–Trinajstić information content (AvgIpc) is 2.43. The number of Topliss-reactive ketones (excluding diaryl/α,β-unsaturated/α-hetero) is 1. The molecule has 0 atom stereocenters. The first kappa shape index (κ1) is 14.9. The second-order valence-corrected chi connectivity index (χ2v) is 6.12. The minimum absolute atomic E-state index is 0.103. The Balaban J connectivity index is 1.66. The molecule has 7 heteroatoms. The van der Waals surface area contributed by atoms with Crippen LogP contribution in [0.4, 0.5) is 10.3 Å². The van der Waals surface area contributed by atoms with Gasteiger partial charge >= 0.3 is 0 Å². The summed E-state index contributed by atoms with van der Waals surface area (Å²) < 4.78 is 12.8. The van der Waals surface area contributed by atoms with Gasteiger partial charge in [0.2, 0.25) is 5.95 Å². The number of nitrogens with zero attached hydrogens (tertiary/aromatic N) is 3. The van der Waals surface area contributed by atoms with E-state index < -0.39 is 0 Å². The number of aromatic nitrogens is 3. The molecule has 0 bridgehead atoms. The number of carbonyl (C=O) groups excluding carboxylic acids is 1. The fourth-order valence-corrected chi connectivity index (χ4v) is 2.89. The van der Waals surface area contributed by atoms with Crippen molar-refractivity contribution in [2.24, 2.45) is 0 Å². The van der Waals surface area contributed by atoms with Gasteiger partial charge in [-0.25, -0.2) is 9.37 Å². The fourth-order valence-electron chi connectivity index (χ4n) is 2.15. The van der Waals surface area contributed by atoms with Crippen LogP contribution in [0.3, 0.4) is 0 Å². The summed E-state index contributed by atoms with van der Waals surface area (Å²) in [5.41, 5.74) is 6.18. The van der Waals surface area contributed by atoms with Gasteiger partial charge in [-0.2, -0.15) is 9.97 Å². The molecule has 1 aromatic carbocycles. The van der Waals surface area contributed by atoms with Crippen molar-refractivity contribution in [2.45, 2.75) is 30.3 Å². The summed E-state index contributed by atoms with van der Waals surface area (Å²) in [6.45, 7) is 0. The van der Waals surface area contributed by atoms with E-state index in [-0.39, 0.29) is 23.3 Å². The number of ketones is 1. The lowest BCUT2D eigenvalue weighted by molar-refractivity contribution is 0.102. The molecule has 0 amide bonds. The van der Waals surface area contributed by atoms with E-state index in [2.05, 4.69) is 15.0 Å². The first-order valence-corrected chi connectivity index (χ1v) is 8.03. The first-order valence-electron chi connectivity index (χ1n) is 7.05. The predicted octanol–water partition coefficient (Wildman–Crippen LogP) is 2.84. The molecule has 2 N–H and O–H groups in total. The number of carbonyl (C=O) groups is 1. The summed E-state index contributed by atoms with van der Waals surface area (Å²) in [6.07, 6.45) is 3.33. The van der Waals surface area contributed by atoms with E-state index in [1.807, 2.05) is 0 Å². The lowest BCUT2D eigenvalue weighted by atomic mass is 9.85. The molecule has 0 saturated heterocycles. The zero-order valence-corrected chi connectivity index (χ0v) is 12.6. The number of nitrogen functional groups attached to an aromatic ring is 1. The molecule has 1 aliphatic carbocycles. The molecular formula is C15H15FN4OS. The van der Waals surface area contributed by atoms with E-state index in [0.29, 0.717) is 16.6 Å². The van der Waals surface area contributed by atoms with E-state index in [1.54, 1.807) is 0 Å². The Labute approximate surface area is 131 Å². The summed E-state index contributed by atoms with van der Waals surface area (Å²) in [6, 6.07) is 5.49. The van der Waals surface area contributed by atoms with Gasteiger partial charge in [0.15, 0.2) is 10.9 Å². The maximum Gasteiger partial charge on any atom is 0.224 e. The van der Waals surface area contributed by atoms with E-state index >= 15 is 0 Å². The van der Waals surface area contributed by atoms with Crippen LogP contribution in [0.2, 0.25) is 0 Å². The number of rotatable bonds is 5. The third-order valence-corrected chi connectivity index (χ3v) is 4.47. The lowest BCUT2D eigenvalue weighted by Gasteiger charge is -2.23. The Morgan fingerprint density at radius 3 is 2.59 bits per heavy atom. The molecule has 1 aliphatic rings. The maximum absolute atomic E-state index is 12.8. The summed E-state index contributed by atoms with van der Waals surface area (Å²) in [7, 11) is 0. The van der Waals surface area contributed by atoms with Crippen molar-refractivity contribution >= 4 is 23.5 Å². The molecule has 1 heterocycles. The highest BCUT2D eigenvalue weighted by atomic mass is 32.2. The summed E-state index contributed by atoms with van der Waals surface area (Å²) in [4.78, 5) is 24.7. The third kappa shape index (κ3) is 3.41. The minimum Gasteiger partial charge on any atom is -0.368 e. The van der Waals surface area contributed by atoms with Crippen LogP contribution in [0.1, 0.15) is 41.4 Å². The number of hydrogen-bond acceptors (Lipinski definition) is 6. The van der Waals surface area contributed by atoms with Gasteiger partial charge in [0.05, 0.1) is 5.75 Å². The quantitative estimate of drug-likeness (QED) is 0.674. The molecule has 0 unspecified atom stereocenters. The van der Waals surface area contributed by atoms with Crippen molar-refractivity contribution in [2.75, 3.05) is 11.5 Å². The number of benzene rings is 1. The van der Waals surface area contributed by atoms with Gasteiger partial charge in [-0.1, -0.05) is 18.2 Å². The highest BCUT2D eigenvalue weighted by Crippen LogP contribution is 2.34. The van der Waals surface area contributed by atoms with E-state index in [1.165, 1.54) is 42.4 Å². The van der Waals surface area contributed by atoms with Crippen LogP contribution >= 0.6 is 11.8 Å². The Morgan fingerprint density at radius 1 is 1.23 bits per heavy atom. The lowest BCUT2D eigenvalue weighted by Crippen LogP contribution is -2.15. The molecule has 1 fully saturated rings. The van der Waals surface area contributed by atoms with Crippen molar-refractivity contribution in [3.05, 3.63) is 41.5 Å². The van der Waals surface area contributed by atoms with E-state index in [4.69, 9.17) is 5.73 Å². The molecule has 0 radical (unpaired) electrons. The molecular weight excluding hydrogens is 303 g/mol. The molecule has 0 aliphatic heterocycles. The molecule has 3 rings (SSSR count). The zero-order valence-electron chi connectivity index (χ0n) is 11.8. The molecule has 1 aromatic heterocycles. The van der Waals surface area contributed by atoms with Crippen molar-refractivity contribution < 1.29 is 9.18 Å². The standard InChI is InChI=1S/C15H15FN4OS/c16-11-6-4-9(5-7-11)12(21)8-22-15-19-13(10-2-1-3-10)18-14(17)20-15/h4-7,10H,1-3,8H2,(H2,17,18,19,20). The summed E-state index contributed by atoms with van der Waals surface area (Å²) in [5, 5.41) is 0.463. The number of thioether (sulfide) groups is 1. The van der Waals surface area contributed by atoms with Crippen LogP contribution in [0, 0.1) is 5.82 Å². The molecule has 5 nitrogen and oxygen atoms in total. The van der Waals surface area contributed by atoms with Gasteiger partial charge in [0, 0.05) is 11.5 Å². The van der Waals surface area contributed by atoms with Crippen LogP contribution in [-0.2, 0) is 0 Å². The number of hydrogen-bond donors (Lipinski definition) is 1. The Bertz CT molecular complexity index is 688. The molecule has 114 valence electrons. The second-order valence-electron chi connectivity index (χ2n) is 5.18. The monoisotopic (exact) mass is 318 g/mol. The topological polar surface area (TPSA) is 81.8 Å². The highest BCUT2D eigenvalue weighted by molar-refractivity contribution is 7.99. The minimum atomic E-state index is -0.361. The van der Waals surface area contributed by atoms with Gasteiger partial charge in [-0.15, -0.1) is 0 Å². The van der Waals surface area contributed by atoms with Gasteiger partial charge in [-0.05, 0) is 37.1 Å². The van der Waals surface area contributed by atoms with Crippen LogP contribution in [0.5, 0.6) is 0 Å². The summed E-state index contributed by atoms with van der Waals surface area (Å²) >= 11 is 1.22. The van der Waals surface area contributed by atoms with Crippen molar-refractivity contribution in [3.8, 4) is 0 Å². The maximum atomic E-state index is 12.8. The summed E-state index contributed by atoms with van der Waals surface area (Å²) in [5.74, 6) is 0.981. The van der Waals surface area contributed by atoms with Crippen LogP contribution in [-0.4, -0.2) is 26.5 Å². The first-order chi connectivity index (χ1) is 10.6. The molecule has 1 saturated carbocycles.